The van der Waals surface area contributed by atoms with Crippen LogP contribution >= 0.6 is 11.6 Å². The molecule has 4 fully saturated rings. The van der Waals surface area contributed by atoms with Crippen LogP contribution in [-0.2, 0) is 14.4 Å². The van der Waals surface area contributed by atoms with Gasteiger partial charge in [-0.25, -0.2) is 8.78 Å². The molecule has 5 atom stereocenters. The normalized spacial score (nSPS) is 27.5. The summed E-state index contributed by atoms with van der Waals surface area (Å²) in [4.78, 5) is 40.0. The monoisotopic (exact) mass is 521 g/mol. The minimum Gasteiger partial charge on any atom is -0.376 e. The number of halogens is 3. The van der Waals surface area contributed by atoms with Crippen LogP contribution in [0.25, 0.3) is 0 Å². The highest BCUT2D eigenvalue weighted by molar-refractivity contribution is 6.31. The van der Waals surface area contributed by atoms with Crippen molar-refractivity contribution in [3.8, 4) is 6.07 Å². The molecule has 2 bridgehead atoms. The van der Waals surface area contributed by atoms with Gasteiger partial charge in [0.05, 0.1) is 18.5 Å². The molecular formula is C25H30ClF2N5O3. The van der Waals surface area contributed by atoms with E-state index in [2.05, 4.69) is 16.0 Å². The van der Waals surface area contributed by atoms with Crippen LogP contribution in [-0.4, -0.2) is 59.8 Å². The third kappa shape index (κ3) is 5.26. The summed E-state index contributed by atoms with van der Waals surface area (Å²) < 4.78 is 29.7. The summed E-state index contributed by atoms with van der Waals surface area (Å²) in [7, 11) is 0. The molecule has 1 saturated carbocycles. The average Bonchev–Trinajstić information content (AvgIpc) is 2.84. The molecule has 1 aromatic rings. The van der Waals surface area contributed by atoms with Gasteiger partial charge in [0.2, 0.25) is 17.7 Å². The number of nitrogens with zero attached hydrogens (tertiary/aromatic N) is 2. The van der Waals surface area contributed by atoms with Crippen molar-refractivity contribution in [3.05, 3.63) is 28.8 Å². The number of carbonyl (C=O) groups excluding carboxylic acids is 3. The van der Waals surface area contributed by atoms with Crippen LogP contribution in [0.1, 0.15) is 44.1 Å². The van der Waals surface area contributed by atoms with E-state index in [1.165, 1.54) is 4.90 Å². The largest absolute Gasteiger partial charge is 0.376 e. The van der Waals surface area contributed by atoms with Crippen LogP contribution in [0.3, 0.4) is 0 Å². The lowest BCUT2D eigenvalue weighted by Crippen LogP contribution is -2.69. The molecule has 3 heterocycles. The lowest BCUT2D eigenvalue weighted by atomic mass is 9.71. The number of carbonyl (C=O) groups is 3. The van der Waals surface area contributed by atoms with Crippen molar-refractivity contribution in [1.29, 1.82) is 5.26 Å². The van der Waals surface area contributed by atoms with E-state index in [4.69, 9.17) is 11.6 Å². The Hall–Kier alpha value is -2.93. The summed E-state index contributed by atoms with van der Waals surface area (Å²) in [5.41, 5.74) is 1.39. The van der Waals surface area contributed by atoms with Gasteiger partial charge in [-0.2, -0.15) is 5.26 Å². The van der Waals surface area contributed by atoms with Crippen LogP contribution in [0.2, 0.25) is 5.02 Å². The molecule has 3 aliphatic heterocycles. The Balaban J connectivity index is 1.50. The van der Waals surface area contributed by atoms with Gasteiger partial charge < -0.3 is 20.9 Å². The number of nitriles is 1. The maximum atomic E-state index is 14.9. The molecule has 8 nitrogen and oxygen atoms in total. The van der Waals surface area contributed by atoms with Gasteiger partial charge in [-0.3, -0.25) is 14.4 Å². The molecule has 1 aromatic carbocycles. The Kier molecular flexibility index (Phi) is 7.69. The molecule has 0 radical (unpaired) electrons. The molecule has 0 aromatic heterocycles. The number of amides is 3. The van der Waals surface area contributed by atoms with E-state index in [-0.39, 0.29) is 25.3 Å². The van der Waals surface area contributed by atoms with E-state index >= 15 is 0 Å². The smallest absolute Gasteiger partial charge is 0.255 e. The Morgan fingerprint density at radius 1 is 1.33 bits per heavy atom. The summed E-state index contributed by atoms with van der Waals surface area (Å²) in [6.45, 7) is 2.17. The summed E-state index contributed by atoms with van der Waals surface area (Å²) in [6.07, 6.45) is 1.45. The molecule has 1 aliphatic carbocycles. The van der Waals surface area contributed by atoms with Gasteiger partial charge in [-0.05, 0) is 56.7 Å². The zero-order valence-electron chi connectivity index (χ0n) is 20.0. The minimum atomic E-state index is -3.09. The van der Waals surface area contributed by atoms with Gasteiger partial charge in [-0.15, -0.1) is 0 Å². The SMILES string of the molecule is Cc1c(Cl)cccc1NCC(=O)N1[C@@H]2CC[C@H]([C@@H]1C(=O)N[C@H](C#N)C[C@@H]1CCCNC1=O)C(F)(F)C2. The number of alkyl halides is 2. The predicted octanol–water partition coefficient (Wildman–Crippen LogP) is 3.00. The Morgan fingerprint density at radius 3 is 2.81 bits per heavy atom. The second-order valence-electron chi connectivity index (χ2n) is 9.87. The number of piperidine rings is 3. The van der Waals surface area contributed by atoms with Crippen LogP contribution in [0.15, 0.2) is 18.2 Å². The summed E-state index contributed by atoms with van der Waals surface area (Å²) in [5.74, 6) is -6.30. The van der Waals surface area contributed by atoms with E-state index < -0.39 is 54.1 Å². The van der Waals surface area contributed by atoms with E-state index in [0.29, 0.717) is 30.1 Å². The molecule has 4 aliphatic rings. The van der Waals surface area contributed by atoms with Crippen LogP contribution in [0, 0.1) is 30.1 Å². The van der Waals surface area contributed by atoms with Crippen LogP contribution in [0.4, 0.5) is 14.5 Å². The van der Waals surface area contributed by atoms with Crippen molar-refractivity contribution < 1.29 is 23.2 Å². The van der Waals surface area contributed by atoms with Crippen molar-refractivity contribution in [2.75, 3.05) is 18.4 Å². The molecule has 11 heteroatoms. The third-order valence-corrected chi connectivity index (χ3v) is 7.99. The lowest BCUT2D eigenvalue weighted by molar-refractivity contribution is -0.193. The lowest BCUT2D eigenvalue weighted by Gasteiger charge is -2.53. The summed E-state index contributed by atoms with van der Waals surface area (Å²) in [5, 5.41) is 18.4. The van der Waals surface area contributed by atoms with Crippen molar-refractivity contribution in [1.82, 2.24) is 15.5 Å². The highest BCUT2D eigenvalue weighted by Crippen LogP contribution is 2.49. The van der Waals surface area contributed by atoms with Gasteiger partial charge in [0, 0.05) is 35.6 Å². The molecule has 3 N–H and O–H groups in total. The molecule has 5 rings (SSSR count). The fraction of sp³-hybridized carbons (Fsp3) is 0.600. The highest BCUT2D eigenvalue weighted by atomic mass is 35.5. The Labute approximate surface area is 213 Å². The Morgan fingerprint density at radius 2 is 2.11 bits per heavy atom. The molecule has 194 valence electrons. The number of rotatable bonds is 7. The standard InChI is InChI=1S/C25H30ClF2N5O3/c1-14-19(26)5-2-6-20(14)31-13-21(34)33-17-7-8-18(25(27,28)11-17)22(33)24(36)32-16(12-29)10-15-4-3-9-30-23(15)35/h2,5-6,15-18,22,31H,3-4,7-11,13H2,1H3,(H,30,35)(H,32,36)/t15-,16-,17+,18+,22+/m0/s1. The molecule has 3 amide bonds. The van der Waals surface area contributed by atoms with Gasteiger partial charge in [0.15, 0.2) is 0 Å². The molecule has 0 spiro atoms. The number of fused-ring (bicyclic) bond motifs is 3. The molecule has 3 saturated heterocycles. The van der Waals surface area contributed by atoms with Gasteiger partial charge in [0.25, 0.3) is 5.92 Å². The van der Waals surface area contributed by atoms with E-state index in [1.54, 1.807) is 25.1 Å². The fourth-order valence-electron chi connectivity index (χ4n) is 5.67. The van der Waals surface area contributed by atoms with Crippen LogP contribution < -0.4 is 16.0 Å². The second kappa shape index (κ2) is 10.6. The topological polar surface area (TPSA) is 114 Å². The molecule has 0 unspecified atom stereocenters. The number of anilines is 1. The van der Waals surface area contributed by atoms with Crippen molar-refractivity contribution in [3.63, 3.8) is 0 Å². The quantitative estimate of drug-likeness (QED) is 0.510. The first kappa shape index (κ1) is 26.1. The first-order valence-corrected chi connectivity index (χ1v) is 12.7. The highest BCUT2D eigenvalue weighted by Gasteiger charge is 2.60. The maximum Gasteiger partial charge on any atom is 0.255 e. The number of benzene rings is 1. The maximum absolute atomic E-state index is 14.9. The number of hydrogen-bond acceptors (Lipinski definition) is 5. The number of nitrogens with one attached hydrogen (secondary N) is 3. The average molecular weight is 522 g/mol. The summed E-state index contributed by atoms with van der Waals surface area (Å²) >= 11 is 6.14. The third-order valence-electron chi connectivity index (χ3n) is 7.58. The summed E-state index contributed by atoms with van der Waals surface area (Å²) in [6, 6.07) is 4.00. The van der Waals surface area contributed by atoms with Gasteiger partial charge in [-0.1, -0.05) is 17.7 Å². The number of hydrogen-bond donors (Lipinski definition) is 3. The van der Waals surface area contributed by atoms with Gasteiger partial charge >= 0.3 is 0 Å². The van der Waals surface area contributed by atoms with E-state index in [1.807, 2.05) is 6.07 Å². The zero-order valence-corrected chi connectivity index (χ0v) is 20.8. The predicted molar refractivity (Wildman–Crippen MR) is 129 cm³/mol. The van der Waals surface area contributed by atoms with Crippen LogP contribution in [0.5, 0.6) is 0 Å². The fourth-order valence-corrected chi connectivity index (χ4v) is 5.85. The van der Waals surface area contributed by atoms with Crippen molar-refractivity contribution >= 4 is 35.0 Å². The zero-order chi connectivity index (χ0) is 26.0. The molecule has 36 heavy (non-hydrogen) atoms. The van der Waals surface area contributed by atoms with Gasteiger partial charge in [0.1, 0.15) is 12.1 Å². The molecular weight excluding hydrogens is 492 g/mol. The first-order chi connectivity index (χ1) is 17.1. The van der Waals surface area contributed by atoms with Crippen molar-refractivity contribution in [2.45, 2.75) is 69.5 Å². The minimum absolute atomic E-state index is 0.0921. The second-order valence-corrected chi connectivity index (χ2v) is 10.3. The van der Waals surface area contributed by atoms with E-state index in [9.17, 15) is 28.4 Å². The van der Waals surface area contributed by atoms with Crippen molar-refractivity contribution in [2.24, 2.45) is 11.8 Å². The first-order valence-electron chi connectivity index (χ1n) is 12.3. The van der Waals surface area contributed by atoms with E-state index in [0.717, 1.165) is 12.0 Å². The Bertz CT molecular complexity index is 1080.